The fraction of sp³-hybridized carbons (Fsp3) is 0.286. The minimum Gasteiger partial charge on any atom is -0.455 e. The van der Waals surface area contributed by atoms with Gasteiger partial charge in [0.2, 0.25) is 5.88 Å². The third kappa shape index (κ3) is 4.97. The first-order chi connectivity index (χ1) is 18.4. The minimum atomic E-state index is -0.676. The first-order valence-corrected chi connectivity index (χ1v) is 12.8. The van der Waals surface area contributed by atoms with E-state index < -0.39 is 18.3 Å². The molecule has 0 saturated carbocycles. The van der Waals surface area contributed by atoms with Crippen LogP contribution in [0.1, 0.15) is 38.1 Å². The van der Waals surface area contributed by atoms with Crippen molar-refractivity contribution in [2.75, 3.05) is 18.4 Å². The molecule has 1 amide bonds. The molecule has 1 fully saturated rings. The molecule has 39 heavy (non-hydrogen) atoms. The summed E-state index contributed by atoms with van der Waals surface area (Å²) in [5, 5.41) is 3.31. The molecule has 0 atom stereocenters. The molecule has 5 rings (SSSR count). The number of ether oxygens (including phenoxy) is 1. The van der Waals surface area contributed by atoms with Gasteiger partial charge in [-0.3, -0.25) is 4.79 Å². The lowest BCUT2D eigenvalue weighted by Gasteiger charge is -2.32. The molecule has 1 N–H and O–H groups in total. The zero-order valence-corrected chi connectivity index (χ0v) is 23.4. The fourth-order valence-electron chi connectivity index (χ4n) is 4.34. The number of benzene rings is 2. The minimum absolute atomic E-state index is 0.310. The first kappa shape index (κ1) is 27.0. The highest BCUT2D eigenvalue weighted by atomic mass is 32.1. The van der Waals surface area contributed by atoms with Gasteiger partial charge in [-0.05, 0) is 64.1 Å². The number of nitrogens with zero attached hydrogens (tertiary/aromatic N) is 2. The van der Waals surface area contributed by atoms with Gasteiger partial charge in [0, 0.05) is 54.5 Å². The van der Waals surface area contributed by atoms with E-state index >= 15 is 0 Å². The van der Waals surface area contributed by atoms with E-state index in [0.717, 1.165) is 5.46 Å². The van der Waals surface area contributed by atoms with Crippen molar-refractivity contribution in [2.24, 2.45) is 0 Å². The van der Waals surface area contributed by atoms with Crippen LogP contribution in [0.5, 0.6) is 11.6 Å². The molecule has 1 aliphatic rings. The number of furan rings is 1. The number of hydrogen-bond donors (Lipinski definition) is 2. The highest BCUT2D eigenvalue weighted by Crippen LogP contribution is 2.40. The molecular formula is C28H29BFN3O5S. The molecule has 11 heteroatoms. The number of rotatable bonds is 6. The molecule has 0 aliphatic carbocycles. The molecule has 0 spiro atoms. The molecule has 3 heterocycles. The molecule has 4 aromatic rings. The second-order valence-electron chi connectivity index (χ2n) is 10.3. The number of amides is 1. The van der Waals surface area contributed by atoms with Gasteiger partial charge < -0.3 is 28.1 Å². The number of carbonyl (C=O) groups excluding carboxylic acids is 1. The highest BCUT2D eigenvalue weighted by molar-refractivity contribution is 7.81. The predicted molar refractivity (Wildman–Crippen MR) is 152 cm³/mol. The highest BCUT2D eigenvalue weighted by Gasteiger charge is 2.52. The smallest absolute Gasteiger partial charge is 0.455 e. The number of pyridine rings is 1. The van der Waals surface area contributed by atoms with Gasteiger partial charge in [0.05, 0.1) is 16.8 Å². The van der Waals surface area contributed by atoms with Crippen molar-refractivity contribution in [3.05, 3.63) is 66.1 Å². The normalized spacial score (nSPS) is 15.9. The summed E-state index contributed by atoms with van der Waals surface area (Å²) in [6.45, 7) is 7.94. The Morgan fingerprint density at radius 3 is 2.31 bits per heavy atom. The van der Waals surface area contributed by atoms with Crippen molar-refractivity contribution in [1.29, 1.82) is 0 Å². The summed E-state index contributed by atoms with van der Waals surface area (Å²) in [6, 6.07) is 12.7. The second kappa shape index (κ2) is 9.89. The molecule has 0 unspecified atom stereocenters. The molecule has 8 nitrogen and oxygen atoms in total. The summed E-state index contributed by atoms with van der Waals surface area (Å²) in [7, 11) is 2.68. The average molecular weight is 549 g/mol. The van der Waals surface area contributed by atoms with Gasteiger partial charge in [0.25, 0.3) is 5.91 Å². The Morgan fingerprint density at radius 2 is 1.74 bits per heavy atom. The van der Waals surface area contributed by atoms with Crippen molar-refractivity contribution in [3.8, 4) is 23.0 Å². The monoisotopic (exact) mass is 549 g/mol. The van der Waals surface area contributed by atoms with Crippen molar-refractivity contribution >= 4 is 48.0 Å². The standard InChI is InChI=1S/C28H29BFN3O5S/c1-27(2)28(3,4)38-29(37-27)20-13-19-22(14-21(20)33(6)39)36-25(24(19)26(34)31-5)16-7-12-23(32-15-16)35-18-10-8-17(30)9-11-18/h7-15,39H,1-6H3,(H,31,34). The fourth-order valence-corrected chi connectivity index (χ4v) is 4.51. The van der Waals surface area contributed by atoms with Crippen LogP contribution in [0.3, 0.4) is 0 Å². The predicted octanol–water partition coefficient (Wildman–Crippen LogP) is 5.37. The lowest BCUT2D eigenvalue weighted by Crippen LogP contribution is -2.41. The van der Waals surface area contributed by atoms with Gasteiger partial charge in [0.1, 0.15) is 22.9 Å². The van der Waals surface area contributed by atoms with Crippen LogP contribution in [0.4, 0.5) is 10.1 Å². The summed E-state index contributed by atoms with van der Waals surface area (Å²) < 4.78 is 39.4. The van der Waals surface area contributed by atoms with Gasteiger partial charge in [-0.2, -0.15) is 0 Å². The van der Waals surface area contributed by atoms with E-state index in [0.29, 0.717) is 45.2 Å². The van der Waals surface area contributed by atoms with Crippen molar-refractivity contribution < 1.29 is 27.6 Å². The van der Waals surface area contributed by atoms with Gasteiger partial charge in [-0.15, -0.1) is 0 Å². The van der Waals surface area contributed by atoms with E-state index in [4.69, 9.17) is 18.5 Å². The van der Waals surface area contributed by atoms with Gasteiger partial charge >= 0.3 is 7.12 Å². The number of fused-ring (bicyclic) bond motifs is 1. The maximum Gasteiger partial charge on any atom is 0.497 e. The topological polar surface area (TPSA) is 86.1 Å². The van der Waals surface area contributed by atoms with Gasteiger partial charge in [0.15, 0.2) is 0 Å². The lowest BCUT2D eigenvalue weighted by molar-refractivity contribution is 0.00578. The van der Waals surface area contributed by atoms with Crippen LogP contribution in [-0.2, 0) is 9.31 Å². The summed E-state index contributed by atoms with van der Waals surface area (Å²) in [6.07, 6.45) is 1.56. The van der Waals surface area contributed by atoms with Crippen LogP contribution < -0.4 is 19.8 Å². The number of anilines is 1. The second-order valence-corrected chi connectivity index (χ2v) is 10.9. The molecule has 2 aromatic carbocycles. The van der Waals surface area contributed by atoms with Crippen LogP contribution in [-0.4, -0.2) is 43.3 Å². The first-order valence-electron chi connectivity index (χ1n) is 12.4. The largest absolute Gasteiger partial charge is 0.497 e. The Hall–Kier alpha value is -3.54. The van der Waals surface area contributed by atoms with Crippen LogP contribution in [0.2, 0.25) is 0 Å². The van der Waals surface area contributed by atoms with E-state index in [1.54, 1.807) is 36.7 Å². The summed E-state index contributed by atoms with van der Waals surface area (Å²) in [5.74, 6) is 0.438. The van der Waals surface area contributed by atoms with Crippen LogP contribution in [0.25, 0.3) is 22.3 Å². The van der Waals surface area contributed by atoms with Crippen molar-refractivity contribution in [1.82, 2.24) is 10.3 Å². The van der Waals surface area contributed by atoms with Crippen molar-refractivity contribution in [3.63, 3.8) is 0 Å². The Morgan fingerprint density at radius 1 is 1.08 bits per heavy atom. The molecule has 202 valence electrons. The molecule has 1 saturated heterocycles. The molecule has 0 bridgehead atoms. The van der Waals surface area contributed by atoms with Crippen molar-refractivity contribution in [2.45, 2.75) is 38.9 Å². The maximum atomic E-state index is 13.2. The third-order valence-electron chi connectivity index (χ3n) is 7.18. The third-order valence-corrected chi connectivity index (χ3v) is 7.40. The van der Waals surface area contributed by atoms with Crippen LogP contribution in [0.15, 0.2) is 59.1 Å². The zero-order chi connectivity index (χ0) is 28.1. The van der Waals surface area contributed by atoms with E-state index in [2.05, 4.69) is 23.1 Å². The lowest BCUT2D eigenvalue weighted by atomic mass is 9.77. The van der Waals surface area contributed by atoms with E-state index in [9.17, 15) is 9.18 Å². The number of thiol groups is 1. The zero-order valence-electron chi connectivity index (χ0n) is 22.5. The van der Waals surface area contributed by atoms with Crippen LogP contribution >= 0.6 is 12.8 Å². The van der Waals surface area contributed by atoms with Gasteiger partial charge in [-0.1, -0.05) is 12.8 Å². The van der Waals surface area contributed by atoms with E-state index in [1.165, 1.54) is 24.3 Å². The summed E-state index contributed by atoms with van der Waals surface area (Å²) in [4.78, 5) is 17.5. The molecule has 0 radical (unpaired) electrons. The number of aromatic nitrogens is 1. The number of nitrogens with one attached hydrogen (secondary N) is 1. The Balaban J connectivity index is 1.58. The Labute approximate surface area is 232 Å². The maximum absolute atomic E-state index is 13.2. The summed E-state index contributed by atoms with van der Waals surface area (Å²) >= 11 is 4.54. The number of carbonyl (C=O) groups is 1. The van der Waals surface area contributed by atoms with E-state index in [1.807, 2.05) is 39.8 Å². The Kier molecular flexibility index (Phi) is 6.86. The SMILES string of the molecule is CNC(=O)c1c(-c2ccc(Oc3ccc(F)cc3)nc2)oc2cc(N(C)S)c(B3OC(C)(C)C(C)(C)O3)cc12. The number of hydrogen-bond acceptors (Lipinski definition) is 8. The van der Waals surface area contributed by atoms with Crippen LogP contribution in [0, 0.1) is 5.82 Å². The molecular weight excluding hydrogens is 520 g/mol. The molecule has 1 aliphatic heterocycles. The quantitative estimate of drug-likeness (QED) is 0.247. The summed E-state index contributed by atoms with van der Waals surface area (Å²) in [5.41, 5.74) is 1.77. The molecule has 2 aromatic heterocycles. The number of halogens is 1. The van der Waals surface area contributed by atoms with Gasteiger partial charge in [-0.25, -0.2) is 9.37 Å². The average Bonchev–Trinajstić information content (AvgIpc) is 3.37. The Bertz CT molecular complexity index is 1520. The van der Waals surface area contributed by atoms with E-state index in [-0.39, 0.29) is 11.7 Å².